The molecule has 0 bridgehead atoms. The van der Waals surface area contributed by atoms with E-state index < -0.39 is 33.6 Å². The number of nitrogens with one attached hydrogen (secondary N) is 1. The molecule has 1 atom stereocenters. The van der Waals surface area contributed by atoms with Gasteiger partial charge in [0.2, 0.25) is 15.0 Å². The molecule has 0 saturated carbocycles. The summed E-state index contributed by atoms with van der Waals surface area (Å²) < 4.78 is 53.7. The van der Waals surface area contributed by atoms with Gasteiger partial charge in [-0.05, 0) is 30.5 Å². The van der Waals surface area contributed by atoms with E-state index in [1.54, 1.807) is 24.3 Å². The molecule has 1 amide bonds. The lowest BCUT2D eigenvalue weighted by Gasteiger charge is -2.22. The summed E-state index contributed by atoms with van der Waals surface area (Å²) in [7, 11) is -3.58. The van der Waals surface area contributed by atoms with Gasteiger partial charge < -0.3 is 5.32 Å². The zero-order valence-corrected chi connectivity index (χ0v) is 17.8. The van der Waals surface area contributed by atoms with Crippen LogP contribution in [0.5, 0.6) is 0 Å². The molecule has 7 nitrogen and oxygen atoms in total. The van der Waals surface area contributed by atoms with Crippen molar-refractivity contribution in [2.45, 2.75) is 24.6 Å². The summed E-state index contributed by atoms with van der Waals surface area (Å²) in [6, 6.07) is 11.4. The Kier molecular flexibility index (Phi) is 6.08. The Hall–Kier alpha value is -2.76. The van der Waals surface area contributed by atoms with Gasteiger partial charge in [-0.15, -0.1) is 10.2 Å². The van der Waals surface area contributed by atoms with Gasteiger partial charge >= 0.3 is 0 Å². The number of hydrogen-bond donors (Lipinski definition) is 1. The Morgan fingerprint density at radius 2 is 1.90 bits per heavy atom. The third-order valence-electron chi connectivity index (χ3n) is 4.85. The molecule has 0 unspecified atom stereocenters. The molecule has 2 aromatic carbocycles. The fourth-order valence-electron chi connectivity index (χ4n) is 3.41. The normalized spacial score (nSPS) is 17.0. The topological polar surface area (TPSA) is 92.3 Å². The summed E-state index contributed by atoms with van der Waals surface area (Å²) in [4.78, 5) is 12.4. The van der Waals surface area contributed by atoms with Gasteiger partial charge in [0.1, 0.15) is 5.01 Å². The van der Waals surface area contributed by atoms with Gasteiger partial charge in [0.15, 0.2) is 11.6 Å². The number of halogens is 2. The van der Waals surface area contributed by atoms with Crippen molar-refractivity contribution >= 4 is 33.0 Å². The van der Waals surface area contributed by atoms with E-state index in [2.05, 4.69) is 15.5 Å². The van der Waals surface area contributed by atoms with E-state index in [4.69, 9.17) is 0 Å². The first-order chi connectivity index (χ1) is 14.8. The van der Waals surface area contributed by atoms with Crippen molar-refractivity contribution in [3.8, 4) is 0 Å². The molecule has 1 aliphatic heterocycles. The van der Waals surface area contributed by atoms with E-state index in [1.165, 1.54) is 10.4 Å². The Morgan fingerprint density at radius 3 is 2.65 bits per heavy atom. The molecule has 2 heterocycles. The molecular weight excluding hydrogens is 446 g/mol. The summed E-state index contributed by atoms with van der Waals surface area (Å²) in [5.41, 5.74) is 0.769. The first-order valence-electron chi connectivity index (χ1n) is 9.47. The first-order valence-corrected chi connectivity index (χ1v) is 11.9. The maximum Gasteiger partial charge on any atom is 0.286 e. The van der Waals surface area contributed by atoms with Crippen molar-refractivity contribution in [3.05, 3.63) is 75.7 Å². The highest BCUT2D eigenvalue weighted by Gasteiger charge is 2.37. The van der Waals surface area contributed by atoms with Crippen LogP contribution >= 0.6 is 11.3 Å². The van der Waals surface area contributed by atoms with Crippen molar-refractivity contribution < 1.29 is 22.0 Å². The number of benzene rings is 2. The number of aromatic nitrogens is 2. The lowest BCUT2D eigenvalue weighted by molar-refractivity contribution is 0.102. The van der Waals surface area contributed by atoms with E-state index in [1.807, 2.05) is 6.07 Å². The Labute approximate surface area is 181 Å². The van der Waals surface area contributed by atoms with Crippen LogP contribution in [0.2, 0.25) is 0 Å². The summed E-state index contributed by atoms with van der Waals surface area (Å²) in [5, 5.41) is 10.8. The highest BCUT2D eigenvalue weighted by Crippen LogP contribution is 2.36. The van der Waals surface area contributed by atoms with Crippen molar-refractivity contribution in [1.82, 2.24) is 14.5 Å². The van der Waals surface area contributed by atoms with Crippen LogP contribution in [0.25, 0.3) is 0 Å². The number of anilines is 1. The molecule has 0 radical (unpaired) electrons. The minimum absolute atomic E-state index is 0.00652. The third-order valence-corrected chi connectivity index (χ3v) is 7.72. The first kappa shape index (κ1) is 21.5. The largest absolute Gasteiger partial charge is 0.320 e. The molecule has 11 heteroatoms. The van der Waals surface area contributed by atoms with Gasteiger partial charge in [-0.1, -0.05) is 41.7 Å². The Morgan fingerprint density at radius 1 is 1.13 bits per heavy atom. The zero-order chi connectivity index (χ0) is 22.0. The fourth-order valence-corrected chi connectivity index (χ4v) is 6.14. The summed E-state index contributed by atoms with van der Waals surface area (Å²) in [6.45, 7) is 0.371. The maximum absolute atomic E-state index is 13.3. The lowest BCUT2D eigenvalue weighted by atomic mass is 10.2. The number of sulfonamides is 1. The van der Waals surface area contributed by atoms with Crippen LogP contribution in [0.3, 0.4) is 0 Å². The Balaban J connectivity index is 1.49. The summed E-state index contributed by atoms with van der Waals surface area (Å²) in [5.74, 6) is -2.85. The number of carbonyl (C=O) groups excluding carboxylic acids is 1. The van der Waals surface area contributed by atoms with Crippen LogP contribution in [0, 0.1) is 11.6 Å². The Bertz CT molecular complexity index is 1200. The monoisotopic (exact) mass is 464 g/mol. The van der Waals surface area contributed by atoms with Gasteiger partial charge in [0, 0.05) is 18.3 Å². The molecular formula is C20H18F2N4O3S2. The molecule has 1 saturated heterocycles. The van der Waals surface area contributed by atoms with Crippen LogP contribution in [0.1, 0.15) is 39.3 Å². The number of hydrogen-bond acceptors (Lipinski definition) is 6. The van der Waals surface area contributed by atoms with Crippen molar-refractivity contribution in [2.24, 2.45) is 0 Å². The molecule has 1 aliphatic rings. The molecule has 1 N–H and O–H groups in total. The number of rotatable bonds is 6. The van der Waals surface area contributed by atoms with Crippen molar-refractivity contribution in [1.29, 1.82) is 0 Å². The minimum Gasteiger partial charge on any atom is -0.320 e. The van der Waals surface area contributed by atoms with Crippen LogP contribution in [-0.2, 0) is 15.8 Å². The zero-order valence-electron chi connectivity index (χ0n) is 16.2. The molecule has 162 valence electrons. The van der Waals surface area contributed by atoms with E-state index in [0.29, 0.717) is 30.0 Å². The van der Waals surface area contributed by atoms with Crippen molar-refractivity contribution in [3.63, 3.8) is 0 Å². The molecule has 0 spiro atoms. The smallest absolute Gasteiger partial charge is 0.286 e. The van der Waals surface area contributed by atoms with Crippen LogP contribution in [-0.4, -0.2) is 35.4 Å². The van der Waals surface area contributed by atoms with Gasteiger partial charge in [-0.25, -0.2) is 17.2 Å². The molecule has 1 aromatic heterocycles. The average Bonchev–Trinajstić information content (AvgIpc) is 3.41. The fraction of sp³-hybridized carbons (Fsp3) is 0.250. The average molecular weight is 465 g/mol. The van der Waals surface area contributed by atoms with Gasteiger partial charge in [0.05, 0.1) is 11.8 Å². The molecule has 1 fully saturated rings. The predicted molar refractivity (Wildman–Crippen MR) is 112 cm³/mol. The highest BCUT2D eigenvalue weighted by atomic mass is 32.2. The quantitative estimate of drug-likeness (QED) is 0.600. The summed E-state index contributed by atoms with van der Waals surface area (Å²) >= 11 is 0.983. The second-order valence-corrected chi connectivity index (χ2v) is 9.97. The number of amides is 1. The minimum atomic E-state index is -3.58. The predicted octanol–water partition coefficient (Wildman–Crippen LogP) is 3.74. The number of carbonyl (C=O) groups is 1. The van der Waals surface area contributed by atoms with Crippen LogP contribution in [0.4, 0.5) is 14.5 Å². The molecule has 3 aromatic rings. The van der Waals surface area contributed by atoms with Crippen LogP contribution < -0.4 is 5.32 Å². The second kappa shape index (κ2) is 8.77. The van der Waals surface area contributed by atoms with Gasteiger partial charge in [-0.3, -0.25) is 4.79 Å². The summed E-state index contributed by atoms with van der Waals surface area (Å²) in [6.07, 6.45) is 1.25. The van der Waals surface area contributed by atoms with Gasteiger partial charge in [0.25, 0.3) is 5.91 Å². The van der Waals surface area contributed by atoms with E-state index in [0.717, 1.165) is 23.5 Å². The SMILES string of the molecule is O=C(Nc1ccc(F)c(F)c1)c1nnc([C@H]2CCCN2S(=O)(=O)Cc2ccccc2)s1. The molecule has 31 heavy (non-hydrogen) atoms. The standard InChI is InChI=1S/C20H18F2N4O3S2/c21-15-9-8-14(11-16(15)22)23-18(27)20-25-24-19(30-20)17-7-4-10-26(17)31(28,29)12-13-5-2-1-3-6-13/h1-3,5-6,8-9,11,17H,4,7,10,12H2,(H,23,27)/t17-/m1/s1. The molecule has 0 aliphatic carbocycles. The van der Waals surface area contributed by atoms with E-state index in [9.17, 15) is 22.0 Å². The third kappa shape index (κ3) is 4.78. The second-order valence-electron chi connectivity index (χ2n) is 7.04. The number of nitrogens with zero attached hydrogens (tertiary/aromatic N) is 3. The van der Waals surface area contributed by atoms with Crippen molar-refractivity contribution in [2.75, 3.05) is 11.9 Å². The maximum atomic E-state index is 13.3. The van der Waals surface area contributed by atoms with Crippen LogP contribution in [0.15, 0.2) is 48.5 Å². The van der Waals surface area contributed by atoms with Gasteiger partial charge in [-0.2, -0.15) is 4.31 Å². The molecule has 4 rings (SSSR count). The van der Waals surface area contributed by atoms with E-state index in [-0.39, 0.29) is 16.4 Å². The van der Waals surface area contributed by atoms with E-state index >= 15 is 0 Å². The lowest BCUT2D eigenvalue weighted by Crippen LogP contribution is -2.31. The highest BCUT2D eigenvalue weighted by molar-refractivity contribution is 7.88.